The predicted octanol–water partition coefficient (Wildman–Crippen LogP) is 1.00. The highest BCUT2D eigenvalue weighted by Gasteiger charge is 2.22. The van der Waals surface area contributed by atoms with Gasteiger partial charge < -0.3 is 9.67 Å². The van der Waals surface area contributed by atoms with Crippen molar-refractivity contribution in [3.8, 4) is 6.07 Å². The van der Waals surface area contributed by atoms with Crippen LogP contribution in [0.3, 0.4) is 0 Å². The highest BCUT2D eigenvalue weighted by atomic mass is 16.4. The Morgan fingerprint density at radius 2 is 2.46 bits per heavy atom. The van der Waals surface area contributed by atoms with Crippen LogP contribution in [0.25, 0.3) is 0 Å². The number of aromatic carboxylic acids is 1. The zero-order chi connectivity index (χ0) is 9.42. The Kier molecular flexibility index (Phi) is 1.59. The summed E-state index contributed by atoms with van der Waals surface area (Å²) in [6, 6.07) is 3.47. The van der Waals surface area contributed by atoms with Crippen molar-refractivity contribution in [3.05, 3.63) is 23.0 Å². The van der Waals surface area contributed by atoms with Crippen LogP contribution in [0, 0.1) is 11.3 Å². The van der Waals surface area contributed by atoms with Gasteiger partial charge >= 0.3 is 5.97 Å². The van der Waals surface area contributed by atoms with Crippen LogP contribution in [-0.4, -0.2) is 15.6 Å². The van der Waals surface area contributed by atoms with E-state index < -0.39 is 5.97 Å². The maximum absolute atomic E-state index is 10.8. The molecule has 0 fully saturated rings. The Morgan fingerprint density at radius 3 is 3.08 bits per heavy atom. The summed E-state index contributed by atoms with van der Waals surface area (Å²) < 4.78 is 1.72. The van der Waals surface area contributed by atoms with Gasteiger partial charge in [-0.05, 0) is 18.9 Å². The molecule has 0 aromatic carbocycles. The van der Waals surface area contributed by atoms with E-state index in [0.717, 1.165) is 25.1 Å². The van der Waals surface area contributed by atoms with Gasteiger partial charge in [0.15, 0.2) is 0 Å². The van der Waals surface area contributed by atoms with Gasteiger partial charge in [-0.1, -0.05) is 0 Å². The number of fused-ring (bicyclic) bond motifs is 1. The second-order valence-corrected chi connectivity index (χ2v) is 3.06. The van der Waals surface area contributed by atoms with Crippen LogP contribution in [-0.2, 0) is 13.0 Å². The van der Waals surface area contributed by atoms with E-state index >= 15 is 0 Å². The molecule has 0 bridgehead atoms. The number of nitriles is 1. The van der Waals surface area contributed by atoms with Crippen molar-refractivity contribution in [1.29, 1.82) is 5.26 Å². The molecule has 0 spiro atoms. The van der Waals surface area contributed by atoms with Crippen LogP contribution in [0.1, 0.15) is 28.2 Å². The van der Waals surface area contributed by atoms with Crippen LogP contribution >= 0.6 is 0 Å². The van der Waals surface area contributed by atoms with E-state index in [2.05, 4.69) is 0 Å². The molecule has 0 saturated carbocycles. The summed E-state index contributed by atoms with van der Waals surface area (Å²) >= 11 is 0. The van der Waals surface area contributed by atoms with Crippen molar-refractivity contribution in [2.45, 2.75) is 19.4 Å². The highest BCUT2D eigenvalue weighted by molar-refractivity contribution is 5.87. The van der Waals surface area contributed by atoms with E-state index in [-0.39, 0.29) is 5.69 Å². The molecule has 1 N–H and O–H groups in total. The Balaban J connectivity index is 2.62. The number of carboxylic acids is 1. The molecule has 0 radical (unpaired) electrons. The number of rotatable bonds is 1. The van der Waals surface area contributed by atoms with Gasteiger partial charge in [-0.2, -0.15) is 5.26 Å². The Bertz CT molecular complexity index is 412. The van der Waals surface area contributed by atoms with Gasteiger partial charge in [0, 0.05) is 12.2 Å². The van der Waals surface area contributed by atoms with Gasteiger partial charge in [0.1, 0.15) is 11.8 Å². The molecule has 0 aliphatic carbocycles. The molecule has 4 nitrogen and oxygen atoms in total. The largest absolute Gasteiger partial charge is 0.477 e. The van der Waals surface area contributed by atoms with E-state index in [1.807, 2.05) is 6.07 Å². The molecule has 1 aromatic heterocycles. The lowest BCUT2D eigenvalue weighted by atomic mass is 10.2. The smallest absolute Gasteiger partial charge is 0.352 e. The fourth-order valence-corrected chi connectivity index (χ4v) is 1.79. The molecule has 1 aromatic rings. The minimum absolute atomic E-state index is 0.240. The highest BCUT2D eigenvalue weighted by Crippen LogP contribution is 2.23. The predicted molar refractivity (Wildman–Crippen MR) is 44.4 cm³/mol. The number of carboxylic acid groups (broad SMARTS) is 1. The maximum atomic E-state index is 10.8. The molecule has 2 rings (SSSR count). The Labute approximate surface area is 75.0 Å². The fraction of sp³-hybridized carbons (Fsp3) is 0.333. The van der Waals surface area contributed by atoms with Crippen molar-refractivity contribution in [1.82, 2.24) is 4.57 Å². The average Bonchev–Trinajstić information content (AvgIpc) is 2.61. The minimum Gasteiger partial charge on any atom is -0.477 e. The summed E-state index contributed by atoms with van der Waals surface area (Å²) in [5.41, 5.74) is 1.62. The third-order valence-electron chi connectivity index (χ3n) is 2.34. The number of hydrogen-bond acceptors (Lipinski definition) is 2. The van der Waals surface area contributed by atoms with Crippen molar-refractivity contribution in [2.24, 2.45) is 0 Å². The SMILES string of the molecule is N#Cc1cc(C(=O)O)n2c1CCC2. The zero-order valence-electron chi connectivity index (χ0n) is 6.95. The second kappa shape index (κ2) is 2.63. The summed E-state index contributed by atoms with van der Waals surface area (Å²) in [4.78, 5) is 10.8. The number of carbonyl (C=O) groups is 1. The van der Waals surface area contributed by atoms with E-state index in [1.54, 1.807) is 4.57 Å². The molecule has 1 aliphatic rings. The van der Waals surface area contributed by atoms with Crippen molar-refractivity contribution < 1.29 is 9.90 Å². The summed E-state index contributed by atoms with van der Waals surface area (Å²) in [5, 5.41) is 17.6. The van der Waals surface area contributed by atoms with Gasteiger partial charge in [-0.3, -0.25) is 0 Å². The Morgan fingerprint density at radius 1 is 1.69 bits per heavy atom. The van der Waals surface area contributed by atoms with Crippen molar-refractivity contribution in [3.63, 3.8) is 0 Å². The van der Waals surface area contributed by atoms with Crippen LogP contribution in [0.4, 0.5) is 0 Å². The summed E-state index contributed by atoms with van der Waals surface area (Å²) in [6.07, 6.45) is 1.75. The lowest BCUT2D eigenvalue weighted by molar-refractivity contribution is 0.0685. The minimum atomic E-state index is -0.954. The van der Waals surface area contributed by atoms with Crippen molar-refractivity contribution >= 4 is 5.97 Å². The molecular formula is C9H8N2O2. The van der Waals surface area contributed by atoms with Gasteiger partial charge in [-0.15, -0.1) is 0 Å². The number of nitrogens with zero attached hydrogens (tertiary/aromatic N) is 2. The maximum Gasteiger partial charge on any atom is 0.352 e. The fourth-order valence-electron chi connectivity index (χ4n) is 1.79. The lowest BCUT2D eigenvalue weighted by Gasteiger charge is -1.99. The van der Waals surface area contributed by atoms with Gasteiger partial charge in [-0.25, -0.2) is 4.79 Å². The van der Waals surface area contributed by atoms with Crippen LogP contribution in [0.2, 0.25) is 0 Å². The normalized spacial score (nSPS) is 13.8. The molecule has 0 saturated heterocycles. The van der Waals surface area contributed by atoms with Crippen LogP contribution in [0.5, 0.6) is 0 Å². The first-order valence-electron chi connectivity index (χ1n) is 4.10. The van der Waals surface area contributed by atoms with Crippen molar-refractivity contribution in [2.75, 3.05) is 0 Å². The van der Waals surface area contributed by atoms with E-state index in [4.69, 9.17) is 10.4 Å². The van der Waals surface area contributed by atoms with E-state index in [9.17, 15) is 4.79 Å². The molecule has 0 amide bonds. The molecular weight excluding hydrogens is 168 g/mol. The second-order valence-electron chi connectivity index (χ2n) is 3.06. The van der Waals surface area contributed by atoms with Gasteiger partial charge in [0.2, 0.25) is 0 Å². The summed E-state index contributed by atoms with van der Waals surface area (Å²) in [7, 11) is 0. The van der Waals surface area contributed by atoms with Crippen LogP contribution < -0.4 is 0 Å². The number of hydrogen-bond donors (Lipinski definition) is 1. The molecule has 13 heavy (non-hydrogen) atoms. The summed E-state index contributed by atoms with van der Waals surface area (Å²) in [6.45, 7) is 0.721. The third-order valence-corrected chi connectivity index (χ3v) is 2.34. The first-order valence-corrected chi connectivity index (χ1v) is 4.10. The third kappa shape index (κ3) is 1.01. The quantitative estimate of drug-likeness (QED) is 0.694. The molecule has 66 valence electrons. The molecule has 2 heterocycles. The topological polar surface area (TPSA) is 66.0 Å². The van der Waals surface area contributed by atoms with Crippen LogP contribution in [0.15, 0.2) is 6.07 Å². The Hall–Kier alpha value is -1.76. The standard InChI is InChI=1S/C9H8N2O2/c10-5-6-4-8(9(12)13)11-3-1-2-7(6)11/h4H,1-3H2,(H,12,13). The molecule has 0 unspecified atom stereocenters. The monoisotopic (exact) mass is 176 g/mol. The van der Waals surface area contributed by atoms with E-state index in [1.165, 1.54) is 6.07 Å². The molecule has 1 aliphatic heterocycles. The first kappa shape index (κ1) is 7.87. The lowest BCUT2D eigenvalue weighted by Crippen LogP contribution is -2.05. The van der Waals surface area contributed by atoms with Gasteiger partial charge in [0.05, 0.1) is 5.56 Å². The first-order chi connectivity index (χ1) is 6.24. The molecule has 0 atom stereocenters. The zero-order valence-corrected chi connectivity index (χ0v) is 6.95. The molecule has 4 heteroatoms. The average molecular weight is 176 g/mol. The van der Waals surface area contributed by atoms with Gasteiger partial charge in [0.25, 0.3) is 0 Å². The number of aromatic nitrogens is 1. The van der Waals surface area contributed by atoms with E-state index in [0.29, 0.717) is 5.56 Å². The summed E-state index contributed by atoms with van der Waals surface area (Å²) in [5.74, 6) is -0.954.